The molecular weight excluding hydrogens is 336 g/mol. The van der Waals surface area contributed by atoms with E-state index in [0.717, 1.165) is 22.7 Å². The Labute approximate surface area is 158 Å². The number of para-hydroxylation sites is 1. The number of hydrogen-bond acceptors (Lipinski definition) is 3. The fourth-order valence-electron chi connectivity index (χ4n) is 3.18. The molecule has 3 aromatic rings. The molecule has 0 aromatic heterocycles. The van der Waals surface area contributed by atoms with E-state index >= 15 is 0 Å². The molecule has 27 heavy (non-hydrogen) atoms. The molecule has 0 radical (unpaired) electrons. The highest BCUT2D eigenvalue weighted by molar-refractivity contribution is 6.17. The van der Waals surface area contributed by atoms with E-state index in [-0.39, 0.29) is 5.91 Å². The quantitative estimate of drug-likeness (QED) is 0.669. The van der Waals surface area contributed by atoms with E-state index in [1.54, 1.807) is 4.90 Å². The first-order chi connectivity index (χ1) is 13.3. The molecule has 0 saturated carbocycles. The molecule has 0 saturated heterocycles. The zero-order valence-electron chi connectivity index (χ0n) is 15.1. The van der Waals surface area contributed by atoms with Crippen molar-refractivity contribution >= 4 is 23.0 Å². The third-order valence-corrected chi connectivity index (χ3v) is 4.51. The number of anilines is 1. The number of aliphatic imine (C=N–C) groups is 1. The van der Waals surface area contributed by atoms with E-state index in [1.165, 1.54) is 0 Å². The predicted molar refractivity (Wildman–Crippen MR) is 108 cm³/mol. The number of amides is 1. The van der Waals surface area contributed by atoms with E-state index < -0.39 is 0 Å². The van der Waals surface area contributed by atoms with Crippen molar-refractivity contribution in [1.82, 2.24) is 0 Å². The Morgan fingerprint density at radius 2 is 1.63 bits per heavy atom. The summed E-state index contributed by atoms with van der Waals surface area (Å²) in [5.41, 5.74) is 4.01. The summed E-state index contributed by atoms with van der Waals surface area (Å²) in [6.45, 7) is 2.97. The zero-order chi connectivity index (χ0) is 18.6. The van der Waals surface area contributed by atoms with Gasteiger partial charge in [0.2, 0.25) is 0 Å². The predicted octanol–water partition coefficient (Wildman–Crippen LogP) is 4.87. The normalized spacial score (nSPS) is 13.6. The second kappa shape index (κ2) is 7.46. The number of hydrogen-bond donors (Lipinski definition) is 0. The summed E-state index contributed by atoms with van der Waals surface area (Å²) < 4.78 is 5.52. The standard InChI is InChI=1S/C23H20N2O2/c1-2-27-19-14-12-18(13-15-19)25-16-22(17-8-4-3-5-9-17)24-21-11-7-6-10-20(21)23(25)26/h3-15H,2,16H2,1H3. The Kier molecular flexibility index (Phi) is 4.71. The SMILES string of the molecule is CCOc1ccc(N2CC(c3ccccc3)=Nc3ccccc3C2=O)cc1. The lowest BCUT2D eigenvalue weighted by atomic mass is 10.1. The minimum Gasteiger partial charge on any atom is -0.494 e. The van der Waals surface area contributed by atoms with Gasteiger partial charge in [-0.3, -0.25) is 9.79 Å². The molecule has 1 heterocycles. The highest BCUT2D eigenvalue weighted by Gasteiger charge is 2.25. The fraction of sp³-hybridized carbons (Fsp3) is 0.130. The summed E-state index contributed by atoms with van der Waals surface area (Å²) >= 11 is 0. The number of ether oxygens (including phenoxy) is 1. The van der Waals surface area contributed by atoms with E-state index in [4.69, 9.17) is 9.73 Å². The van der Waals surface area contributed by atoms with Gasteiger partial charge in [0.05, 0.1) is 30.1 Å². The molecule has 0 unspecified atom stereocenters. The number of nitrogens with zero attached hydrogens (tertiary/aromatic N) is 2. The van der Waals surface area contributed by atoms with Crippen molar-refractivity contribution in [3.8, 4) is 5.75 Å². The topological polar surface area (TPSA) is 41.9 Å². The van der Waals surface area contributed by atoms with Gasteiger partial charge >= 0.3 is 0 Å². The maximum Gasteiger partial charge on any atom is 0.260 e. The summed E-state index contributed by atoms with van der Waals surface area (Å²) in [4.78, 5) is 19.8. The van der Waals surface area contributed by atoms with Crippen LogP contribution in [0.5, 0.6) is 5.75 Å². The highest BCUT2D eigenvalue weighted by Crippen LogP contribution is 2.29. The molecule has 0 bridgehead atoms. The van der Waals surface area contributed by atoms with Crippen LogP contribution in [-0.4, -0.2) is 24.8 Å². The Hall–Kier alpha value is -3.40. The largest absolute Gasteiger partial charge is 0.494 e. The first-order valence-corrected chi connectivity index (χ1v) is 9.03. The number of carbonyl (C=O) groups excluding carboxylic acids is 1. The van der Waals surface area contributed by atoms with Crippen molar-refractivity contribution in [2.24, 2.45) is 4.99 Å². The van der Waals surface area contributed by atoms with Crippen LogP contribution in [0.3, 0.4) is 0 Å². The molecule has 1 aliphatic heterocycles. The van der Waals surface area contributed by atoms with Crippen molar-refractivity contribution in [3.05, 3.63) is 90.0 Å². The van der Waals surface area contributed by atoms with Crippen molar-refractivity contribution in [2.45, 2.75) is 6.92 Å². The fourth-order valence-corrected chi connectivity index (χ4v) is 3.18. The Bertz CT molecular complexity index is 979. The molecule has 0 spiro atoms. The van der Waals surface area contributed by atoms with E-state index in [2.05, 4.69) is 0 Å². The van der Waals surface area contributed by atoms with Crippen LogP contribution >= 0.6 is 0 Å². The second-order valence-electron chi connectivity index (χ2n) is 6.26. The minimum atomic E-state index is -0.0514. The van der Waals surface area contributed by atoms with Gasteiger partial charge in [0, 0.05) is 5.69 Å². The van der Waals surface area contributed by atoms with Crippen LogP contribution in [0.2, 0.25) is 0 Å². The molecule has 1 amide bonds. The van der Waals surface area contributed by atoms with E-state index in [9.17, 15) is 4.79 Å². The summed E-state index contributed by atoms with van der Waals surface area (Å²) in [5.74, 6) is 0.741. The lowest BCUT2D eigenvalue weighted by molar-refractivity contribution is 0.0992. The maximum atomic E-state index is 13.2. The highest BCUT2D eigenvalue weighted by atomic mass is 16.5. The van der Waals surface area contributed by atoms with Gasteiger partial charge in [0.1, 0.15) is 5.75 Å². The first kappa shape index (κ1) is 17.0. The third kappa shape index (κ3) is 3.47. The number of benzene rings is 3. The average Bonchev–Trinajstić information content (AvgIpc) is 2.87. The van der Waals surface area contributed by atoms with Crippen molar-refractivity contribution in [2.75, 3.05) is 18.1 Å². The molecular formula is C23H20N2O2. The molecule has 3 aromatic carbocycles. The zero-order valence-corrected chi connectivity index (χ0v) is 15.1. The second-order valence-corrected chi connectivity index (χ2v) is 6.26. The van der Waals surface area contributed by atoms with Crippen molar-refractivity contribution in [1.29, 1.82) is 0 Å². The van der Waals surface area contributed by atoms with E-state index in [0.29, 0.717) is 24.4 Å². The van der Waals surface area contributed by atoms with Crippen LogP contribution in [0.25, 0.3) is 0 Å². The van der Waals surface area contributed by atoms with Gasteiger partial charge in [0.15, 0.2) is 0 Å². The maximum absolute atomic E-state index is 13.2. The average molecular weight is 356 g/mol. The lowest BCUT2D eigenvalue weighted by Crippen LogP contribution is -2.34. The van der Waals surface area contributed by atoms with Crippen LogP contribution in [0.15, 0.2) is 83.9 Å². The van der Waals surface area contributed by atoms with Gasteiger partial charge in [0.25, 0.3) is 5.91 Å². The third-order valence-electron chi connectivity index (χ3n) is 4.51. The van der Waals surface area contributed by atoms with Gasteiger partial charge in [-0.05, 0) is 48.9 Å². The smallest absolute Gasteiger partial charge is 0.260 e. The van der Waals surface area contributed by atoms with Crippen molar-refractivity contribution in [3.63, 3.8) is 0 Å². The number of fused-ring (bicyclic) bond motifs is 1. The van der Waals surface area contributed by atoms with E-state index in [1.807, 2.05) is 85.8 Å². The Morgan fingerprint density at radius 1 is 0.926 bits per heavy atom. The van der Waals surface area contributed by atoms with Gasteiger partial charge in [-0.2, -0.15) is 0 Å². The Balaban J connectivity index is 1.78. The molecule has 0 fully saturated rings. The van der Waals surface area contributed by atoms with Crippen LogP contribution in [0.4, 0.5) is 11.4 Å². The van der Waals surface area contributed by atoms with Gasteiger partial charge in [-0.1, -0.05) is 42.5 Å². The molecule has 4 nitrogen and oxygen atoms in total. The van der Waals surface area contributed by atoms with Gasteiger partial charge in [-0.25, -0.2) is 0 Å². The molecule has 4 rings (SSSR count). The summed E-state index contributed by atoms with van der Waals surface area (Å²) in [7, 11) is 0. The monoisotopic (exact) mass is 356 g/mol. The Morgan fingerprint density at radius 3 is 2.37 bits per heavy atom. The summed E-state index contributed by atoms with van der Waals surface area (Å²) in [5, 5.41) is 0. The minimum absolute atomic E-state index is 0.0514. The van der Waals surface area contributed by atoms with Gasteiger partial charge in [-0.15, -0.1) is 0 Å². The molecule has 0 N–H and O–H groups in total. The molecule has 1 aliphatic rings. The van der Waals surface area contributed by atoms with Crippen LogP contribution in [0.1, 0.15) is 22.8 Å². The van der Waals surface area contributed by atoms with Crippen LogP contribution < -0.4 is 9.64 Å². The first-order valence-electron chi connectivity index (χ1n) is 9.03. The number of rotatable bonds is 4. The van der Waals surface area contributed by atoms with Crippen LogP contribution in [-0.2, 0) is 0 Å². The number of carbonyl (C=O) groups is 1. The summed E-state index contributed by atoms with van der Waals surface area (Å²) in [6.07, 6.45) is 0. The summed E-state index contributed by atoms with van der Waals surface area (Å²) in [6, 6.07) is 25.1. The van der Waals surface area contributed by atoms with Crippen LogP contribution in [0, 0.1) is 0 Å². The van der Waals surface area contributed by atoms with Gasteiger partial charge < -0.3 is 9.64 Å². The molecule has 0 aliphatic carbocycles. The molecule has 134 valence electrons. The lowest BCUT2D eigenvalue weighted by Gasteiger charge is -2.22. The molecule has 4 heteroatoms. The molecule has 0 atom stereocenters. The van der Waals surface area contributed by atoms with Crippen molar-refractivity contribution < 1.29 is 9.53 Å².